The van der Waals surface area contributed by atoms with E-state index < -0.39 is 0 Å². The third kappa shape index (κ3) is 8.54. The first-order chi connectivity index (χ1) is 6.06. The van der Waals surface area contributed by atoms with E-state index in [0.29, 0.717) is 12.1 Å². The molecule has 0 aliphatic carbocycles. The van der Waals surface area contributed by atoms with Crippen LogP contribution < -0.4 is 5.32 Å². The fourth-order valence-electron chi connectivity index (χ4n) is 0.940. The van der Waals surface area contributed by atoms with Crippen molar-refractivity contribution in [3.05, 3.63) is 0 Å². The number of halogens is 1. The van der Waals surface area contributed by atoms with Gasteiger partial charge in [-0.1, -0.05) is 0 Å². The summed E-state index contributed by atoms with van der Waals surface area (Å²) in [5.41, 5.74) is 0. The van der Waals surface area contributed by atoms with Gasteiger partial charge in [-0.25, -0.2) is 0 Å². The first-order valence-corrected chi connectivity index (χ1v) is 5.42. The zero-order valence-electron chi connectivity index (χ0n) is 9.14. The quantitative estimate of drug-likeness (QED) is 0.648. The van der Waals surface area contributed by atoms with E-state index in [1.807, 2.05) is 14.0 Å². The van der Waals surface area contributed by atoms with Gasteiger partial charge in [0.15, 0.2) is 0 Å². The van der Waals surface area contributed by atoms with Gasteiger partial charge in [-0.15, -0.1) is 11.6 Å². The monoisotopic (exact) mass is 207 g/mol. The Bertz CT molecular complexity index is 119. The Hall–Kier alpha value is 0.210. The number of likely N-dealkylation sites (N-methyl/N-ethyl adjacent to an activating group) is 1. The van der Waals surface area contributed by atoms with Crippen LogP contribution in [0.2, 0.25) is 0 Å². The highest BCUT2D eigenvalue weighted by Crippen LogP contribution is 2.08. The molecule has 0 aliphatic heterocycles. The van der Waals surface area contributed by atoms with Gasteiger partial charge in [-0.05, 0) is 40.7 Å². The second-order valence-corrected chi connectivity index (χ2v) is 4.44. The van der Waals surface area contributed by atoms with E-state index in [2.05, 4.69) is 19.2 Å². The summed E-state index contributed by atoms with van der Waals surface area (Å²) in [5.74, 6) is 0. The molecule has 0 saturated carbocycles. The summed E-state index contributed by atoms with van der Waals surface area (Å²) in [6.45, 7) is 7.00. The van der Waals surface area contributed by atoms with Gasteiger partial charge >= 0.3 is 0 Å². The molecular weight excluding hydrogens is 186 g/mol. The Balaban J connectivity index is 3.34. The largest absolute Gasteiger partial charge is 0.377 e. The highest BCUT2D eigenvalue weighted by atomic mass is 35.5. The van der Waals surface area contributed by atoms with E-state index in [9.17, 15) is 0 Å². The summed E-state index contributed by atoms with van der Waals surface area (Å²) >= 11 is 5.84. The topological polar surface area (TPSA) is 21.3 Å². The van der Waals surface area contributed by atoms with Crippen LogP contribution in [0.1, 0.15) is 33.6 Å². The first-order valence-electron chi connectivity index (χ1n) is 4.99. The van der Waals surface area contributed by atoms with Gasteiger partial charge in [0.25, 0.3) is 0 Å². The maximum Gasteiger partial charge on any atom is 0.0620 e. The maximum atomic E-state index is 5.84. The lowest BCUT2D eigenvalue weighted by molar-refractivity contribution is 0.0476. The van der Waals surface area contributed by atoms with Gasteiger partial charge in [0.2, 0.25) is 0 Å². The number of ether oxygens (including phenoxy) is 1. The molecule has 13 heavy (non-hydrogen) atoms. The molecule has 0 bridgehead atoms. The number of nitrogens with one attached hydrogen (secondary N) is 1. The number of hydrogen-bond donors (Lipinski definition) is 1. The first kappa shape index (κ1) is 13.2. The molecule has 0 spiro atoms. The Morgan fingerprint density at radius 3 is 2.31 bits per heavy atom. The van der Waals surface area contributed by atoms with Crippen LogP contribution in [0, 0.1) is 0 Å². The molecule has 3 heteroatoms. The van der Waals surface area contributed by atoms with Gasteiger partial charge in [0.05, 0.1) is 12.7 Å². The molecule has 2 nitrogen and oxygen atoms in total. The molecule has 1 N–H and O–H groups in total. The van der Waals surface area contributed by atoms with Crippen LogP contribution >= 0.6 is 11.6 Å². The molecule has 0 radical (unpaired) electrons. The van der Waals surface area contributed by atoms with Crippen molar-refractivity contribution in [2.24, 2.45) is 0 Å². The van der Waals surface area contributed by atoms with Crippen LogP contribution in [-0.4, -0.2) is 31.2 Å². The van der Waals surface area contributed by atoms with Crippen LogP contribution in [0.4, 0.5) is 0 Å². The summed E-state index contributed by atoms with van der Waals surface area (Å²) in [5, 5.41) is 3.39. The van der Waals surface area contributed by atoms with Crippen molar-refractivity contribution in [1.29, 1.82) is 0 Å². The van der Waals surface area contributed by atoms with Gasteiger partial charge in [0.1, 0.15) is 0 Å². The van der Waals surface area contributed by atoms with Gasteiger partial charge in [0, 0.05) is 11.4 Å². The summed E-state index contributed by atoms with van der Waals surface area (Å²) in [6.07, 6.45) is 2.38. The number of hydrogen-bond acceptors (Lipinski definition) is 2. The van der Waals surface area contributed by atoms with E-state index in [-0.39, 0.29) is 5.38 Å². The van der Waals surface area contributed by atoms with E-state index in [0.717, 1.165) is 19.4 Å². The predicted molar refractivity (Wildman–Crippen MR) is 58.5 cm³/mol. The molecule has 0 amide bonds. The van der Waals surface area contributed by atoms with E-state index in [1.54, 1.807) is 0 Å². The molecule has 3 atom stereocenters. The zero-order chi connectivity index (χ0) is 10.3. The number of alkyl halides is 1. The smallest absolute Gasteiger partial charge is 0.0620 e. The van der Waals surface area contributed by atoms with Crippen molar-refractivity contribution in [2.45, 2.75) is 51.1 Å². The molecule has 0 heterocycles. The molecule has 0 saturated heterocycles. The van der Waals surface area contributed by atoms with Crippen LogP contribution in [-0.2, 0) is 4.74 Å². The summed E-state index contributed by atoms with van der Waals surface area (Å²) in [7, 11) is 1.94. The van der Waals surface area contributed by atoms with Crippen molar-refractivity contribution < 1.29 is 4.74 Å². The lowest BCUT2D eigenvalue weighted by atomic mass is 10.2. The van der Waals surface area contributed by atoms with E-state index in [4.69, 9.17) is 16.3 Å². The summed E-state index contributed by atoms with van der Waals surface area (Å²) < 4.78 is 5.62. The molecule has 0 aromatic carbocycles. The third-order valence-corrected chi connectivity index (χ3v) is 2.31. The average Bonchev–Trinajstić information content (AvgIpc) is 2.10. The summed E-state index contributed by atoms with van der Waals surface area (Å²) in [6, 6.07) is 0.427. The average molecular weight is 208 g/mol. The Morgan fingerprint density at radius 1 is 1.23 bits per heavy atom. The molecule has 0 aromatic heterocycles. The standard InChI is InChI=1S/C10H22ClNO/c1-8(11)5-6-10(3)13-7-9(2)12-4/h8-10,12H,5-7H2,1-4H3. The molecule has 80 valence electrons. The van der Waals surface area contributed by atoms with Crippen molar-refractivity contribution in [2.75, 3.05) is 13.7 Å². The van der Waals surface area contributed by atoms with Crippen molar-refractivity contribution in [3.63, 3.8) is 0 Å². The fourth-order valence-corrected chi connectivity index (χ4v) is 1.07. The second kappa shape index (κ2) is 7.60. The van der Waals surface area contributed by atoms with Crippen LogP contribution in [0.15, 0.2) is 0 Å². The highest BCUT2D eigenvalue weighted by Gasteiger charge is 2.06. The van der Waals surface area contributed by atoms with E-state index >= 15 is 0 Å². The molecule has 0 aliphatic rings. The van der Waals surface area contributed by atoms with Crippen LogP contribution in [0.3, 0.4) is 0 Å². The van der Waals surface area contributed by atoms with Crippen molar-refractivity contribution >= 4 is 11.6 Å². The van der Waals surface area contributed by atoms with Gasteiger partial charge in [-0.2, -0.15) is 0 Å². The lowest BCUT2D eigenvalue weighted by Crippen LogP contribution is -2.28. The van der Waals surface area contributed by atoms with Gasteiger partial charge < -0.3 is 10.1 Å². The molecule has 0 rings (SSSR count). The Labute approximate surface area is 87.0 Å². The molecular formula is C10H22ClNO. The van der Waals surface area contributed by atoms with Crippen LogP contribution in [0.25, 0.3) is 0 Å². The summed E-state index contributed by atoms with van der Waals surface area (Å²) in [4.78, 5) is 0. The van der Waals surface area contributed by atoms with Gasteiger partial charge in [-0.3, -0.25) is 0 Å². The SMILES string of the molecule is CNC(C)COC(C)CCC(C)Cl. The van der Waals surface area contributed by atoms with E-state index in [1.165, 1.54) is 0 Å². The minimum atomic E-state index is 0.257. The van der Waals surface area contributed by atoms with Crippen molar-refractivity contribution in [3.8, 4) is 0 Å². The maximum absolute atomic E-state index is 5.84. The van der Waals surface area contributed by atoms with Crippen molar-refractivity contribution in [1.82, 2.24) is 5.32 Å². The second-order valence-electron chi connectivity index (χ2n) is 3.69. The highest BCUT2D eigenvalue weighted by molar-refractivity contribution is 6.20. The third-order valence-electron chi connectivity index (χ3n) is 2.09. The minimum absolute atomic E-state index is 0.257. The normalized spacial score (nSPS) is 18.2. The lowest BCUT2D eigenvalue weighted by Gasteiger charge is -2.16. The number of rotatable bonds is 7. The predicted octanol–water partition coefficient (Wildman–Crippen LogP) is 2.41. The Morgan fingerprint density at radius 2 is 1.85 bits per heavy atom. The Kier molecular flexibility index (Phi) is 7.72. The minimum Gasteiger partial charge on any atom is -0.377 e. The molecule has 3 unspecified atom stereocenters. The zero-order valence-corrected chi connectivity index (χ0v) is 9.90. The fraction of sp³-hybridized carbons (Fsp3) is 1.00. The molecule has 0 fully saturated rings. The van der Waals surface area contributed by atoms with Crippen LogP contribution in [0.5, 0.6) is 0 Å². The molecule has 0 aromatic rings.